The quantitative estimate of drug-likeness (QED) is 0.803. The molecule has 94 valence electrons. The molecule has 3 nitrogen and oxygen atoms in total. The Bertz CT molecular complexity index is 551. The number of nitrogens with zero attached hydrogens (tertiary/aromatic N) is 2. The number of anilines is 1. The van der Waals surface area contributed by atoms with Gasteiger partial charge in [-0.2, -0.15) is 0 Å². The van der Waals surface area contributed by atoms with E-state index in [2.05, 4.69) is 4.98 Å². The summed E-state index contributed by atoms with van der Waals surface area (Å²) in [6.07, 6.45) is 0.854. The van der Waals surface area contributed by atoms with Gasteiger partial charge in [-0.05, 0) is 24.6 Å². The van der Waals surface area contributed by atoms with E-state index < -0.39 is 0 Å². The van der Waals surface area contributed by atoms with E-state index >= 15 is 0 Å². The lowest BCUT2D eigenvalue weighted by atomic mass is 10.2. The minimum Gasteiger partial charge on any atom is -0.347 e. The highest BCUT2D eigenvalue weighted by Gasteiger charge is 2.10. The van der Waals surface area contributed by atoms with Crippen molar-refractivity contribution in [2.24, 2.45) is 0 Å². The summed E-state index contributed by atoms with van der Waals surface area (Å²) in [6, 6.07) is 7.71. The van der Waals surface area contributed by atoms with Crippen LogP contribution in [-0.4, -0.2) is 18.3 Å². The molecule has 0 bridgehead atoms. The molecule has 0 atom stereocenters. The first-order valence-electron chi connectivity index (χ1n) is 5.48. The van der Waals surface area contributed by atoms with Gasteiger partial charge in [0.05, 0.1) is 10.6 Å². The Labute approximate surface area is 115 Å². The summed E-state index contributed by atoms with van der Waals surface area (Å²) < 4.78 is 0. The molecular weight excluding hydrogens is 268 g/mol. The maximum absolute atomic E-state index is 10.8. The minimum atomic E-state index is 0.688. The van der Waals surface area contributed by atoms with Crippen molar-refractivity contribution in [1.82, 2.24) is 4.98 Å². The average Bonchev–Trinajstić information content (AvgIpc) is 2.73. The van der Waals surface area contributed by atoms with Gasteiger partial charge in [-0.15, -0.1) is 0 Å². The number of aldehydes is 1. The Morgan fingerprint density at radius 1 is 1.39 bits per heavy atom. The van der Waals surface area contributed by atoms with Gasteiger partial charge in [0.2, 0.25) is 0 Å². The fourth-order valence-corrected chi connectivity index (χ4v) is 2.56. The largest absolute Gasteiger partial charge is 0.347 e. The van der Waals surface area contributed by atoms with Crippen molar-refractivity contribution in [3.05, 3.63) is 45.4 Å². The smallest absolute Gasteiger partial charge is 0.186 e. The first-order chi connectivity index (χ1) is 8.60. The second kappa shape index (κ2) is 5.50. The number of benzene rings is 1. The molecule has 5 heteroatoms. The molecule has 0 fully saturated rings. The average molecular weight is 281 g/mol. The SMILES string of the molecule is Cc1nc(N(C)Cc2ccc(Cl)cc2)sc1C=O. The Morgan fingerprint density at radius 3 is 2.61 bits per heavy atom. The number of hydrogen-bond acceptors (Lipinski definition) is 4. The fraction of sp³-hybridized carbons (Fsp3) is 0.231. The van der Waals surface area contributed by atoms with E-state index in [0.29, 0.717) is 4.88 Å². The molecule has 1 aromatic carbocycles. The van der Waals surface area contributed by atoms with Crippen molar-refractivity contribution in [3.63, 3.8) is 0 Å². The molecule has 0 radical (unpaired) electrons. The highest BCUT2D eigenvalue weighted by Crippen LogP contribution is 2.25. The van der Waals surface area contributed by atoms with Gasteiger partial charge in [0.15, 0.2) is 11.4 Å². The first kappa shape index (κ1) is 13.1. The molecule has 0 spiro atoms. The second-order valence-electron chi connectivity index (χ2n) is 4.05. The van der Waals surface area contributed by atoms with Gasteiger partial charge in [0.25, 0.3) is 0 Å². The van der Waals surface area contributed by atoms with Crippen molar-refractivity contribution in [1.29, 1.82) is 0 Å². The third-order valence-electron chi connectivity index (χ3n) is 2.59. The Balaban J connectivity index is 2.13. The van der Waals surface area contributed by atoms with Crippen LogP contribution < -0.4 is 4.90 Å². The molecule has 1 aromatic heterocycles. The molecule has 1 heterocycles. The number of halogens is 1. The number of hydrogen-bond donors (Lipinski definition) is 0. The molecule has 18 heavy (non-hydrogen) atoms. The van der Waals surface area contributed by atoms with Crippen LogP contribution in [0.25, 0.3) is 0 Å². The molecule has 0 unspecified atom stereocenters. The number of carbonyl (C=O) groups is 1. The molecule has 2 aromatic rings. The van der Waals surface area contributed by atoms with E-state index in [4.69, 9.17) is 11.6 Å². The van der Waals surface area contributed by atoms with Gasteiger partial charge >= 0.3 is 0 Å². The zero-order chi connectivity index (χ0) is 13.1. The van der Waals surface area contributed by atoms with Crippen molar-refractivity contribution in [3.8, 4) is 0 Å². The van der Waals surface area contributed by atoms with Crippen LogP contribution in [0, 0.1) is 6.92 Å². The predicted octanol–water partition coefficient (Wildman–Crippen LogP) is 3.55. The third-order valence-corrected chi connectivity index (χ3v) is 4.04. The lowest BCUT2D eigenvalue weighted by molar-refractivity contribution is 0.112. The van der Waals surface area contributed by atoms with Crippen molar-refractivity contribution in [2.75, 3.05) is 11.9 Å². The monoisotopic (exact) mass is 280 g/mol. The lowest BCUT2D eigenvalue weighted by Crippen LogP contribution is -2.15. The van der Waals surface area contributed by atoms with Crippen molar-refractivity contribution in [2.45, 2.75) is 13.5 Å². The van der Waals surface area contributed by atoms with E-state index in [-0.39, 0.29) is 0 Å². The van der Waals surface area contributed by atoms with Crippen LogP contribution in [0.15, 0.2) is 24.3 Å². The summed E-state index contributed by atoms with van der Waals surface area (Å²) in [4.78, 5) is 17.9. The molecule has 0 saturated carbocycles. The van der Waals surface area contributed by atoms with Crippen LogP contribution in [0.5, 0.6) is 0 Å². The maximum atomic E-state index is 10.8. The molecule has 0 aliphatic carbocycles. The number of rotatable bonds is 4. The molecule has 2 rings (SSSR count). The molecule has 0 aliphatic rings. The van der Waals surface area contributed by atoms with E-state index in [9.17, 15) is 4.79 Å². The third kappa shape index (κ3) is 2.89. The summed E-state index contributed by atoms with van der Waals surface area (Å²) in [5.74, 6) is 0. The van der Waals surface area contributed by atoms with E-state index in [1.165, 1.54) is 11.3 Å². The zero-order valence-corrected chi connectivity index (χ0v) is 11.8. The molecular formula is C13H13ClN2OS. The predicted molar refractivity (Wildman–Crippen MR) is 75.8 cm³/mol. The van der Waals surface area contributed by atoms with Crippen LogP contribution in [0.2, 0.25) is 5.02 Å². The summed E-state index contributed by atoms with van der Waals surface area (Å²) in [7, 11) is 1.96. The molecule has 0 saturated heterocycles. The van der Waals surface area contributed by atoms with Crippen molar-refractivity contribution >= 4 is 34.4 Å². The summed E-state index contributed by atoms with van der Waals surface area (Å²) in [6.45, 7) is 2.59. The van der Waals surface area contributed by atoms with Gasteiger partial charge in [-0.1, -0.05) is 35.1 Å². The van der Waals surface area contributed by atoms with E-state index in [0.717, 1.165) is 34.2 Å². The van der Waals surface area contributed by atoms with Gasteiger partial charge in [-0.25, -0.2) is 4.98 Å². The van der Waals surface area contributed by atoms with Gasteiger partial charge in [0.1, 0.15) is 0 Å². The molecule has 0 amide bonds. The van der Waals surface area contributed by atoms with Gasteiger partial charge in [-0.3, -0.25) is 4.79 Å². The van der Waals surface area contributed by atoms with Gasteiger partial charge < -0.3 is 4.90 Å². The number of aromatic nitrogens is 1. The van der Waals surface area contributed by atoms with Crippen LogP contribution in [0.3, 0.4) is 0 Å². The van der Waals surface area contributed by atoms with Crippen LogP contribution in [0.4, 0.5) is 5.13 Å². The second-order valence-corrected chi connectivity index (χ2v) is 5.49. The van der Waals surface area contributed by atoms with E-state index in [1.807, 2.05) is 43.1 Å². The zero-order valence-electron chi connectivity index (χ0n) is 10.2. The molecule has 0 aliphatic heterocycles. The van der Waals surface area contributed by atoms with Crippen LogP contribution in [0.1, 0.15) is 20.9 Å². The lowest BCUT2D eigenvalue weighted by Gasteiger charge is -2.15. The molecule has 0 N–H and O–H groups in total. The standard InChI is InChI=1S/C13H13ClN2OS/c1-9-12(8-17)18-13(15-9)16(2)7-10-3-5-11(14)6-4-10/h3-6,8H,7H2,1-2H3. The first-order valence-corrected chi connectivity index (χ1v) is 6.68. The number of carbonyl (C=O) groups excluding carboxylic acids is 1. The Morgan fingerprint density at radius 2 is 2.06 bits per heavy atom. The highest BCUT2D eigenvalue weighted by molar-refractivity contribution is 7.17. The van der Waals surface area contributed by atoms with Crippen LogP contribution in [-0.2, 0) is 6.54 Å². The minimum absolute atomic E-state index is 0.688. The highest BCUT2D eigenvalue weighted by atomic mass is 35.5. The van der Waals surface area contributed by atoms with Gasteiger partial charge in [0, 0.05) is 18.6 Å². The summed E-state index contributed by atoms with van der Waals surface area (Å²) in [5.41, 5.74) is 1.94. The Kier molecular flexibility index (Phi) is 3.99. The van der Waals surface area contributed by atoms with E-state index in [1.54, 1.807) is 0 Å². The number of aryl methyl sites for hydroxylation is 1. The normalized spacial score (nSPS) is 10.4. The van der Waals surface area contributed by atoms with Crippen LogP contribution >= 0.6 is 22.9 Å². The fourth-order valence-electron chi connectivity index (χ4n) is 1.60. The summed E-state index contributed by atoms with van der Waals surface area (Å²) in [5, 5.41) is 1.58. The topological polar surface area (TPSA) is 33.2 Å². The van der Waals surface area contributed by atoms with Crippen molar-refractivity contribution < 1.29 is 4.79 Å². The maximum Gasteiger partial charge on any atom is 0.186 e. The summed E-state index contributed by atoms with van der Waals surface area (Å²) >= 11 is 7.26. The Hall–Kier alpha value is -1.39. The number of thiazole rings is 1.